The first kappa shape index (κ1) is 9.29. The molecular weight excluding hydrogens is 170 g/mol. The Bertz CT molecular complexity index is 250. The topological polar surface area (TPSA) is 43.1 Å². The Hall–Kier alpha value is -0.800. The zero-order valence-electron chi connectivity index (χ0n) is 6.55. The summed E-state index contributed by atoms with van der Waals surface area (Å²) in [5.41, 5.74) is 6.48. The van der Waals surface area contributed by atoms with Gasteiger partial charge in [0.15, 0.2) is 0 Å². The zero-order valence-corrected chi connectivity index (χ0v) is 7.45. The van der Waals surface area contributed by atoms with Crippen molar-refractivity contribution >= 4 is 18.9 Å². The van der Waals surface area contributed by atoms with Crippen LogP contribution < -0.4 is 5.73 Å². The van der Waals surface area contributed by atoms with Crippen LogP contribution in [0.2, 0.25) is 0 Å². The van der Waals surface area contributed by atoms with Gasteiger partial charge in [-0.15, -0.1) is 0 Å². The molecule has 64 valence electrons. The number of benzene rings is 1. The summed E-state index contributed by atoms with van der Waals surface area (Å²) in [4.78, 5) is 10.3. The Balaban J connectivity index is 2.78. The second-order valence-electron chi connectivity index (χ2n) is 2.57. The van der Waals surface area contributed by atoms with Crippen LogP contribution in [0.15, 0.2) is 30.3 Å². The van der Waals surface area contributed by atoms with Gasteiger partial charge in [0.1, 0.15) is 6.29 Å². The molecule has 0 spiro atoms. The highest BCUT2D eigenvalue weighted by Crippen LogP contribution is 2.20. The van der Waals surface area contributed by atoms with E-state index in [-0.39, 0.29) is 5.25 Å². The lowest BCUT2D eigenvalue weighted by atomic mass is 10.1. The average molecular weight is 181 g/mol. The largest absolute Gasteiger partial charge is 0.321 e. The van der Waals surface area contributed by atoms with Crippen LogP contribution in [-0.4, -0.2) is 12.3 Å². The van der Waals surface area contributed by atoms with Gasteiger partial charge in [-0.3, -0.25) is 0 Å². The molecule has 0 fully saturated rings. The SMILES string of the molecule is N[C@H](C=O)[C@H](S)c1ccccc1. The summed E-state index contributed by atoms with van der Waals surface area (Å²) in [6, 6.07) is 8.99. The van der Waals surface area contributed by atoms with Crippen LogP contribution in [0.25, 0.3) is 0 Å². The van der Waals surface area contributed by atoms with Gasteiger partial charge in [-0.2, -0.15) is 12.6 Å². The highest BCUT2D eigenvalue weighted by Gasteiger charge is 2.13. The van der Waals surface area contributed by atoms with Crippen molar-refractivity contribution in [2.24, 2.45) is 5.73 Å². The van der Waals surface area contributed by atoms with E-state index in [0.29, 0.717) is 6.29 Å². The van der Waals surface area contributed by atoms with E-state index in [1.165, 1.54) is 0 Å². The standard InChI is InChI=1S/C9H11NOS/c10-8(6-11)9(12)7-4-2-1-3-5-7/h1-6,8-9,12H,10H2/t8-,9-/m1/s1. The maximum Gasteiger partial charge on any atom is 0.138 e. The van der Waals surface area contributed by atoms with Crippen LogP contribution in [0.5, 0.6) is 0 Å². The van der Waals surface area contributed by atoms with Gasteiger partial charge >= 0.3 is 0 Å². The fourth-order valence-electron chi connectivity index (χ4n) is 0.947. The van der Waals surface area contributed by atoms with E-state index in [4.69, 9.17) is 5.73 Å². The molecule has 0 saturated heterocycles. The molecule has 0 aliphatic heterocycles. The van der Waals surface area contributed by atoms with Crippen LogP contribution in [0.3, 0.4) is 0 Å². The molecule has 2 nitrogen and oxygen atoms in total. The number of rotatable bonds is 3. The van der Waals surface area contributed by atoms with Crippen LogP contribution >= 0.6 is 12.6 Å². The van der Waals surface area contributed by atoms with E-state index >= 15 is 0 Å². The van der Waals surface area contributed by atoms with Gasteiger partial charge < -0.3 is 10.5 Å². The molecule has 0 unspecified atom stereocenters. The smallest absolute Gasteiger partial charge is 0.138 e. The number of aldehydes is 1. The first-order valence-electron chi connectivity index (χ1n) is 3.69. The van der Waals surface area contributed by atoms with Crippen LogP contribution in [-0.2, 0) is 4.79 Å². The Morgan fingerprint density at radius 3 is 2.42 bits per heavy atom. The maximum atomic E-state index is 10.3. The number of carbonyl (C=O) groups excluding carboxylic acids is 1. The predicted octanol–water partition coefficient (Wildman–Crippen LogP) is 1.18. The van der Waals surface area contributed by atoms with Crippen molar-refractivity contribution < 1.29 is 4.79 Å². The van der Waals surface area contributed by atoms with Gasteiger partial charge in [0.05, 0.1) is 6.04 Å². The van der Waals surface area contributed by atoms with Gasteiger partial charge in [0, 0.05) is 5.25 Å². The molecule has 12 heavy (non-hydrogen) atoms. The third-order valence-corrected chi connectivity index (χ3v) is 2.31. The van der Waals surface area contributed by atoms with Crippen molar-refractivity contribution in [2.45, 2.75) is 11.3 Å². The Morgan fingerprint density at radius 1 is 1.33 bits per heavy atom. The number of nitrogens with two attached hydrogens (primary N) is 1. The Kier molecular flexibility index (Phi) is 3.31. The van der Waals surface area contributed by atoms with Crippen molar-refractivity contribution in [3.8, 4) is 0 Å². The normalized spacial score (nSPS) is 15.2. The molecule has 2 N–H and O–H groups in total. The minimum atomic E-state index is -0.532. The quantitative estimate of drug-likeness (QED) is 0.543. The van der Waals surface area contributed by atoms with Crippen molar-refractivity contribution in [1.29, 1.82) is 0 Å². The third kappa shape index (κ3) is 2.09. The number of thiol groups is 1. The molecule has 3 heteroatoms. The molecule has 0 radical (unpaired) electrons. The molecule has 0 heterocycles. The lowest BCUT2D eigenvalue weighted by Crippen LogP contribution is -2.26. The monoisotopic (exact) mass is 181 g/mol. The second kappa shape index (κ2) is 4.28. The van der Waals surface area contributed by atoms with E-state index < -0.39 is 6.04 Å². The molecule has 0 aromatic heterocycles. The fourth-order valence-corrected chi connectivity index (χ4v) is 1.19. The summed E-state index contributed by atoms with van der Waals surface area (Å²) < 4.78 is 0. The minimum Gasteiger partial charge on any atom is -0.321 e. The molecule has 2 atom stereocenters. The molecular formula is C9H11NOS. The molecule has 1 rings (SSSR count). The highest BCUT2D eigenvalue weighted by atomic mass is 32.1. The lowest BCUT2D eigenvalue weighted by Gasteiger charge is -2.13. The average Bonchev–Trinajstić information content (AvgIpc) is 2.17. The Labute approximate surface area is 77.2 Å². The van der Waals surface area contributed by atoms with E-state index in [2.05, 4.69) is 12.6 Å². The molecule has 0 aliphatic rings. The minimum absolute atomic E-state index is 0.205. The molecule has 0 aliphatic carbocycles. The molecule has 0 bridgehead atoms. The molecule has 1 aromatic carbocycles. The summed E-state index contributed by atoms with van der Waals surface area (Å²) in [7, 11) is 0. The first-order chi connectivity index (χ1) is 5.75. The van der Waals surface area contributed by atoms with E-state index in [1.807, 2.05) is 30.3 Å². The van der Waals surface area contributed by atoms with E-state index in [1.54, 1.807) is 0 Å². The van der Waals surface area contributed by atoms with E-state index in [9.17, 15) is 4.79 Å². The van der Waals surface area contributed by atoms with Gasteiger partial charge in [0.25, 0.3) is 0 Å². The summed E-state index contributed by atoms with van der Waals surface area (Å²) in [5, 5.41) is -0.205. The van der Waals surface area contributed by atoms with Gasteiger partial charge in [-0.05, 0) is 5.56 Å². The molecule has 0 saturated carbocycles. The van der Waals surface area contributed by atoms with E-state index in [0.717, 1.165) is 5.56 Å². The van der Waals surface area contributed by atoms with Gasteiger partial charge in [-0.25, -0.2) is 0 Å². The van der Waals surface area contributed by atoms with Crippen molar-refractivity contribution in [3.63, 3.8) is 0 Å². The summed E-state index contributed by atoms with van der Waals surface area (Å²) in [6.45, 7) is 0. The summed E-state index contributed by atoms with van der Waals surface area (Å²) in [5.74, 6) is 0. The van der Waals surface area contributed by atoms with Crippen molar-refractivity contribution in [1.82, 2.24) is 0 Å². The summed E-state index contributed by atoms with van der Waals surface area (Å²) >= 11 is 4.24. The Morgan fingerprint density at radius 2 is 1.92 bits per heavy atom. The highest BCUT2D eigenvalue weighted by molar-refractivity contribution is 7.80. The number of hydrogen-bond acceptors (Lipinski definition) is 3. The predicted molar refractivity (Wildman–Crippen MR) is 52.2 cm³/mol. The molecule has 1 aromatic rings. The second-order valence-corrected chi connectivity index (χ2v) is 3.13. The fraction of sp³-hybridized carbons (Fsp3) is 0.222. The van der Waals surface area contributed by atoms with Crippen LogP contribution in [0.4, 0.5) is 0 Å². The van der Waals surface area contributed by atoms with Crippen LogP contribution in [0, 0.1) is 0 Å². The zero-order chi connectivity index (χ0) is 8.97. The third-order valence-electron chi connectivity index (χ3n) is 1.66. The summed E-state index contributed by atoms with van der Waals surface area (Å²) in [6.07, 6.45) is 0.713. The lowest BCUT2D eigenvalue weighted by molar-refractivity contribution is -0.108. The van der Waals surface area contributed by atoms with Crippen LogP contribution in [0.1, 0.15) is 10.8 Å². The van der Waals surface area contributed by atoms with Crippen molar-refractivity contribution in [2.75, 3.05) is 0 Å². The number of hydrogen-bond donors (Lipinski definition) is 2. The maximum absolute atomic E-state index is 10.3. The van der Waals surface area contributed by atoms with Crippen molar-refractivity contribution in [3.05, 3.63) is 35.9 Å². The van der Waals surface area contributed by atoms with Gasteiger partial charge in [-0.1, -0.05) is 30.3 Å². The first-order valence-corrected chi connectivity index (χ1v) is 4.21. The van der Waals surface area contributed by atoms with Gasteiger partial charge in [0.2, 0.25) is 0 Å². The molecule has 0 amide bonds. The number of carbonyl (C=O) groups is 1.